The van der Waals surface area contributed by atoms with E-state index in [1.54, 1.807) is 41.3 Å². The molecule has 0 radical (unpaired) electrons. The predicted molar refractivity (Wildman–Crippen MR) is 70.5 cm³/mol. The van der Waals surface area contributed by atoms with Crippen molar-refractivity contribution in [3.8, 4) is 5.75 Å². The third-order valence-electron chi connectivity index (χ3n) is 2.26. The Hall–Kier alpha value is -2.07. The zero-order valence-corrected chi connectivity index (χ0v) is 10.2. The molecule has 0 aromatic heterocycles. The van der Waals surface area contributed by atoms with Crippen LogP contribution in [0, 0.1) is 0 Å². The van der Waals surface area contributed by atoms with Gasteiger partial charge in [-0.3, -0.25) is 4.90 Å². The molecule has 96 valence electrons. The molecule has 1 unspecified atom stereocenters. The van der Waals surface area contributed by atoms with Gasteiger partial charge in [0.1, 0.15) is 5.75 Å². The van der Waals surface area contributed by atoms with Crippen LogP contribution in [0.1, 0.15) is 0 Å². The summed E-state index contributed by atoms with van der Waals surface area (Å²) in [5.74, 6) is -0.523. The first-order valence-corrected chi connectivity index (χ1v) is 5.59. The number of rotatable bonds is 8. The molecule has 0 bridgehead atoms. The fourth-order valence-electron chi connectivity index (χ4n) is 1.51. The van der Waals surface area contributed by atoms with Crippen molar-refractivity contribution in [1.29, 1.82) is 0 Å². The van der Waals surface area contributed by atoms with Crippen LogP contribution in [0.3, 0.4) is 0 Å². The van der Waals surface area contributed by atoms with Crippen molar-refractivity contribution >= 4 is 5.97 Å². The second-order valence-corrected chi connectivity index (χ2v) is 3.65. The van der Waals surface area contributed by atoms with E-state index in [2.05, 4.69) is 13.2 Å². The molecule has 1 aromatic carbocycles. The lowest BCUT2D eigenvalue weighted by Gasteiger charge is -2.26. The van der Waals surface area contributed by atoms with E-state index in [1.165, 1.54) is 0 Å². The molecule has 1 N–H and O–H groups in total. The smallest absolute Gasteiger partial charge is 0.360 e. The van der Waals surface area contributed by atoms with E-state index in [4.69, 9.17) is 4.74 Å². The molecule has 0 aliphatic heterocycles. The van der Waals surface area contributed by atoms with E-state index in [9.17, 15) is 9.90 Å². The first kappa shape index (κ1) is 14.0. The number of benzene rings is 1. The Morgan fingerprint density at radius 2 is 1.83 bits per heavy atom. The monoisotopic (exact) mass is 247 g/mol. The summed E-state index contributed by atoms with van der Waals surface area (Å²) in [5, 5.41) is 9.22. The van der Waals surface area contributed by atoms with Crippen molar-refractivity contribution in [2.45, 2.75) is 6.23 Å². The van der Waals surface area contributed by atoms with Crippen molar-refractivity contribution < 1.29 is 14.6 Å². The lowest BCUT2D eigenvalue weighted by Crippen LogP contribution is -2.45. The van der Waals surface area contributed by atoms with Gasteiger partial charge in [-0.2, -0.15) is 0 Å². The van der Waals surface area contributed by atoms with Gasteiger partial charge in [-0.15, -0.1) is 13.2 Å². The number of hydrogen-bond donors (Lipinski definition) is 1. The van der Waals surface area contributed by atoms with Crippen molar-refractivity contribution in [3.63, 3.8) is 0 Å². The van der Waals surface area contributed by atoms with Gasteiger partial charge < -0.3 is 9.84 Å². The highest BCUT2D eigenvalue weighted by molar-refractivity contribution is 5.72. The van der Waals surface area contributed by atoms with Crippen LogP contribution in [0.4, 0.5) is 0 Å². The van der Waals surface area contributed by atoms with Crippen LogP contribution in [-0.2, 0) is 4.79 Å². The van der Waals surface area contributed by atoms with Crippen LogP contribution in [0.5, 0.6) is 5.75 Å². The van der Waals surface area contributed by atoms with Crippen LogP contribution in [0.2, 0.25) is 0 Å². The minimum atomic E-state index is -1.05. The third kappa shape index (κ3) is 4.07. The second-order valence-electron chi connectivity index (χ2n) is 3.65. The number of carbonyl (C=O) groups is 1. The Balaban J connectivity index is 2.83. The lowest BCUT2D eigenvalue weighted by molar-refractivity contribution is -0.153. The van der Waals surface area contributed by atoms with Gasteiger partial charge in [0.2, 0.25) is 0 Å². The minimum Gasteiger partial charge on any atom is -0.477 e. The van der Waals surface area contributed by atoms with Gasteiger partial charge in [0.05, 0.1) is 0 Å². The van der Waals surface area contributed by atoms with Crippen LogP contribution < -0.4 is 4.74 Å². The zero-order valence-electron chi connectivity index (χ0n) is 10.2. The SMILES string of the molecule is C=CCN(CC=C)C(Oc1ccccc1)C(=O)O. The van der Waals surface area contributed by atoms with E-state index < -0.39 is 12.2 Å². The fraction of sp³-hybridized carbons (Fsp3) is 0.214. The Kier molecular flexibility index (Phi) is 5.67. The molecule has 1 rings (SSSR count). The van der Waals surface area contributed by atoms with Gasteiger partial charge in [0.25, 0.3) is 6.23 Å². The molecule has 1 atom stereocenters. The number of ether oxygens (including phenoxy) is 1. The number of carboxylic acids is 1. The summed E-state index contributed by atoms with van der Waals surface area (Å²) in [6.07, 6.45) is 2.21. The summed E-state index contributed by atoms with van der Waals surface area (Å²) in [6.45, 7) is 8.04. The van der Waals surface area contributed by atoms with Crippen LogP contribution in [0.15, 0.2) is 55.6 Å². The third-order valence-corrected chi connectivity index (χ3v) is 2.26. The minimum absolute atomic E-state index is 0.413. The average molecular weight is 247 g/mol. The zero-order chi connectivity index (χ0) is 13.4. The van der Waals surface area contributed by atoms with E-state index in [0.29, 0.717) is 18.8 Å². The van der Waals surface area contributed by atoms with Gasteiger partial charge in [0, 0.05) is 13.1 Å². The van der Waals surface area contributed by atoms with Crippen molar-refractivity contribution in [1.82, 2.24) is 4.90 Å². The molecule has 0 saturated heterocycles. The molecule has 1 aromatic rings. The fourth-order valence-corrected chi connectivity index (χ4v) is 1.51. The van der Waals surface area contributed by atoms with Crippen molar-refractivity contribution in [3.05, 3.63) is 55.6 Å². The molecule has 4 heteroatoms. The topological polar surface area (TPSA) is 49.8 Å². The number of hydrogen-bond acceptors (Lipinski definition) is 3. The quantitative estimate of drug-likeness (QED) is 0.565. The normalized spacial score (nSPS) is 11.8. The first-order chi connectivity index (χ1) is 8.69. The Bertz CT molecular complexity index is 393. The van der Waals surface area contributed by atoms with E-state index in [0.717, 1.165) is 0 Å². The highest BCUT2D eigenvalue weighted by Gasteiger charge is 2.25. The molecule has 0 heterocycles. The number of carboxylic acid groups (broad SMARTS) is 1. The largest absolute Gasteiger partial charge is 0.477 e. The van der Waals surface area contributed by atoms with Crippen LogP contribution >= 0.6 is 0 Å². The summed E-state index contributed by atoms with van der Waals surface area (Å²) >= 11 is 0. The van der Waals surface area contributed by atoms with Crippen LogP contribution in [0.25, 0.3) is 0 Å². The number of nitrogens with zero attached hydrogens (tertiary/aromatic N) is 1. The van der Waals surface area contributed by atoms with Crippen molar-refractivity contribution in [2.24, 2.45) is 0 Å². The molecular formula is C14H17NO3. The van der Waals surface area contributed by atoms with Crippen LogP contribution in [-0.4, -0.2) is 35.3 Å². The van der Waals surface area contributed by atoms with Gasteiger partial charge in [-0.25, -0.2) is 4.79 Å². The Morgan fingerprint density at radius 3 is 2.28 bits per heavy atom. The summed E-state index contributed by atoms with van der Waals surface area (Å²) in [5.41, 5.74) is 0. The Labute approximate surface area is 107 Å². The maximum Gasteiger partial charge on any atom is 0.360 e. The Morgan fingerprint density at radius 1 is 1.28 bits per heavy atom. The molecule has 0 spiro atoms. The summed E-state index contributed by atoms with van der Waals surface area (Å²) < 4.78 is 5.47. The molecule has 4 nitrogen and oxygen atoms in total. The van der Waals surface area contributed by atoms with Gasteiger partial charge >= 0.3 is 5.97 Å². The maximum atomic E-state index is 11.3. The number of aliphatic carboxylic acids is 1. The second kappa shape index (κ2) is 7.29. The molecule has 0 aliphatic rings. The highest BCUT2D eigenvalue weighted by atomic mass is 16.5. The number of para-hydroxylation sites is 1. The summed E-state index contributed by atoms with van der Waals surface area (Å²) in [7, 11) is 0. The highest BCUT2D eigenvalue weighted by Crippen LogP contribution is 2.13. The average Bonchev–Trinajstić information content (AvgIpc) is 2.37. The summed E-state index contributed by atoms with van der Waals surface area (Å²) in [4.78, 5) is 12.9. The van der Waals surface area contributed by atoms with E-state index in [1.807, 2.05) is 6.07 Å². The molecular weight excluding hydrogens is 230 g/mol. The lowest BCUT2D eigenvalue weighted by atomic mass is 10.3. The first-order valence-electron chi connectivity index (χ1n) is 5.59. The molecule has 0 aliphatic carbocycles. The van der Waals surface area contributed by atoms with Gasteiger partial charge in [-0.05, 0) is 12.1 Å². The standard InChI is InChI=1S/C14H17NO3/c1-3-10-15(11-4-2)13(14(16)17)18-12-8-6-5-7-9-12/h3-9,13H,1-2,10-11H2,(H,16,17). The predicted octanol–water partition coefficient (Wildman–Crippen LogP) is 2.15. The van der Waals surface area contributed by atoms with Gasteiger partial charge in [0.15, 0.2) is 0 Å². The molecule has 18 heavy (non-hydrogen) atoms. The molecule has 0 amide bonds. The van der Waals surface area contributed by atoms with Crippen molar-refractivity contribution in [2.75, 3.05) is 13.1 Å². The van der Waals surface area contributed by atoms with Gasteiger partial charge in [-0.1, -0.05) is 30.4 Å². The van der Waals surface area contributed by atoms with E-state index >= 15 is 0 Å². The molecule has 0 saturated carbocycles. The van der Waals surface area contributed by atoms with E-state index in [-0.39, 0.29) is 0 Å². The summed E-state index contributed by atoms with van der Waals surface area (Å²) in [6, 6.07) is 8.86. The molecule has 0 fully saturated rings. The maximum absolute atomic E-state index is 11.3.